The largest absolute Gasteiger partial charge is 0.338 e. The number of hydrogen-bond donors (Lipinski definition) is 1. The summed E-state index contributed by atoms with van der Waals surface area (Å²) in [4.78, 5) is 36.5. The Morgan fingerprint density at radius 2 is 2.20 bits per heavy atom. The SMILES string of the molecule is CN1C(=O)[C@@H](NC(=O)c2ncc(Cc3cccc(C#N)c3)s2)CCc2cccnc21. The number of amides is 2. The van der Waals surface area contributed by atoms with Gasteiger partial charge in [0.25, 0.3) is 5.91 Å². The second-order valence-electron chi connectivity index (χ2n) is 7.07. The van der Waals surface area contributed by atoms with E-state index < -0.39 is 6.04 Å². The van der Waals surface area contributed by atoms with Crippen LogP contribution in [-0.2, 0) is 17.6 Å². The van der Waals surface area contributed by atoms with Gasteiger partial charge >= 0.3 is 0 Å². The maximum atomic E-state index is 12.8. The number of anilines is 1. The Kier molecular flexibility index (Phi) is 5.55. The lowest BCUT2D eigenvalue weighted by atomic mass is 10.1. The minimum atomic E-state index is -0.628. The Morgan fingerprint density at radius 3 is 3.03 bits per heavy atom. The van der Waals surface area contributed by atoms with Crippen molar-refractivity contribution in [1.82, 2.24) is 15.3 Å². The molecule has 0 unspecified atom stereocenters. The first-order valence-electron chi connectivity index (χ1n) is 9.51. The summed E-state index contributed by atoms with van der Waals surface area (Å²) in [5.41, 5.74) is 2.57. The predicted molar refractivity (Wildman–Crippen MR) is 113 cm³/mol. The van der Waals surface area contributed by atoms with E-state index in [1.54, 1.807) is 25.5 Å². The lowest BCUT2D eigenvalue weighted by molar-refractivity contribution is -0.120. The summed E-state index contributed by atoms with van der Waals surface area (Å²) in [6, 6.07) is 12.6. The minimum absolute atomic E-state index is 0.189. The van der Waals surface area contributed by atoms with Crippen molar-refractivity contribution < 1.29 is 9.59 Å². The molecule has 3 heterocycles. The number of thiazole rings is 1. The van der Waals surface area contributed by atoms with Crippen molar-refractivity contribution in [1.29, 1.82) is 5.26 Å². The zero-order chi connectivity index (χ0) is 21.1. The molecule has 150 valence electrons. The van der Waals surface area contributed by atoms with Gasteiger partial charge in [0.05, 0.1) is 11.6 Å². The van der Waals surface area contributed by atoms with Crippen molar-refractivity contribution >= 4 is 29.0 Å². The smallest absolute Gasteiger partial charge is 0.280 e. The van der Waals surface area contributed by atoms with E-state index in [-0.39, 0.29) is 11.8 Å². The Labute approximate surface area is 178 Å². The molecule has 4 rings (SSSR count). The van der Waals surface area contributed by atoms with Crippen LogP contribution in [0, 0.1) is 11.3 Å². The van der Waals surface area contributed by atoms with Crippen LogP contribution in [0.25, 0.3) is 0 Å². The number of pyridine rings is 1. The van der Waals surface area contributed by atoms with Gasteiger partial charge in [-0.3, -0.25) is 14.5 Å². The summed E-state index contributed by atoms with van der Waals surface area (Å²) in [5.74, 6) is 0.0870. The molecule has 0 bridgehead atoms. The predicted octanol–water partition coefficient (Wildman–Crippen LogP) is 2.71. The van der Waals surface area contributed by atoms with Gasteiger partial charge in [0.15, 0.2) is 5.01 Å². The summed E-state index contributed by atoms with van der Waals surface area (Å²) in [6.07, 6.45) is 5.08. The second-order valence-corrected chi connectivity index (χ2v) is 8.18. The average Bonchev–Trinajstić information content (AvgIpc) is 3.20. The zero-order valence-electron chi connectivity index (χ0n) is 16.3. The lowest BCUT2D eigenvalue weighted by Gasteiger charge is -2.20. The molecule has 1 aliphatic rings. The summed E-state index contributed by atoms with van der Waals surface area (Å²) in [7, 11) is 1.68. The molecule has 1 atom stereocenters. The minimum Gasteiger partial charge on any atom is -0.338 e. The van der Waals surface area contributed by atoms with Crippen molar-refractivity contribution in [2.75, 3.05) is 11.9 Å². The van der Waals surface area contributed by atoms with E-state index in [1.807, 2.05) is 30.3 Å². The third-order valence-corrected chi connectivity index (χ3v) is 6.00. The molecule has 1 aromatic carbocycles. The van der Waals surface area contributed by atoms with Crippen LogP contribution in [-0.4, -0.2) is 34.9 Å². The van der Waals surface area contributed by atoms with Crippen LogP contribution in [0.4, 0.5) is 5.82 Å². The molecular formula is C22H19N5O2S. The fourth-order valence-electron chi connectivity index (χ4n) is 3.49. The van der Waals surface area contributed by atoms with Gasteiger partial charge in [-0.25, -0.2) is 9.97 Å². The number of benzene rings is 1. The molecule has 0 aliphatic carbocycles. The molecule has 3 aromatic rings. The standard InChI is InChI=1S/C22H19N5O2S/c1-27-19-16(6-3-9-24-19)7-8-18(22(27)29)26-20(28)21-25-13-17(30-21)11-14-4-2-5-15(10-14)12-23/h2-6,9-10,13,18H,7-8,11H2,1H3,(H,26,28)/t18-/m0/s1. The molecule has 0 spiro atoms. The number of rotatable bonds is 4. The van der Waals surface area contributed by atoms with Gasteiger partial charge in [-0.15, -0.1) is 11.3 Å². The van der Waals surface area contributed by atoms with Gasteiger partial charge in [0, 0.05) is 30.7 Å². The number of nitrogens with one attached hydrogen (secondary N) is 1. The number of aromatic nitrogens is 2. The van der Waals surface area contributed by atoms with E-state index in [0.29, 0.717) is 35.7 Å². The molecule has 2 aromatic heterocycles. The molecule has 1 N–H and O–H groups in total. The van der Waals surface area contributed by atoms with Crippen LogP contribution in [0.3, 0.4) is 0 Å². The Balaban J connectivity index is 1.44. The number of hydrogen-bond acceptors (Lipinski definition) is 6. The lowest BCUT2D eigenvalue weighted by Crippen LogP contribution is -2.46. The average molecular weight is 417 g/mol. The van der Waals surface area contributed by atoms with Crippen molar-refractivity contribution in [3.63, 3.8) is 0 Å². The van der Waals surface area contributed by atoms with E-state index in [9.17, 15) is 9.59 Å². The number of carbonyl (C=O) groups is 2. The first-order valence-corrected chi connectivity index (χ1v) is 10.3. The maximum Gasteiger partial charge on any atom is 0.280 e. The molecule has 0 radical (unpaired) electrons. The van der Waals surface area contributed by atoms with Crippen LogP contribution in [0.15, 0.2) is 48.8 Å². The van der Waals surface area contributed by atoms with Crippen LogP contribution in [0.5, 0.6) is 0 Å². The highest BCUT2D eigenvalue weighted by Crippen LogP contribution is 2.24. The van der Waals surface area contributed by atoms with Gasteiger partial charge in [0.1, 0.15) is 11.9 Å². The van der Waals surface area contributed by atoms with Gasteiger partial charge in [0.2, 0.25) is 5.91 Å². The molecule has 7 nitrogen and oxygen atoms in total. The number of aryl methyl sites for hydroxylation is 1. The third kappa shape index (κ3) is 4.07. The van der Waals surface area contributed by atoms with E-state index in [2.05, 4.69) is 21.4 Å². The van der Waals surface area contributed by atoms with E-state index in [1.165, 1.54) is 16.2 Å². The van der Waals surface area contributed by atoms with E-state index >= 15 is 0 Å². The maximum absolute atomic E-state index is 12.8. The topological polar surface area (TPSA) is 99.0 Å². The molecule has 0 saturated carbocycles. The van der Waals surface area contributed by atoms with E-state index in [4.69, 9.17) is 5.26 Å². The van der Waals surface area contributed by atoms with E-state index in [0.717, 1.165) is 16.0 Å². The molecule has 8 heteroatoms. The zero-order valence-corrected chi connectivity index (χ0v) is 17.1. The third-order valence-electron chi connectivity index (χ3n) is 5.00. The number of likely N-dealkylation sites (N-methyl/N-ethyl adjacent to an activating group) is 1. The van der Waals surface area contributed by atoms with Crippen molar-refractivity contribution in [3.05, 3.63) is 75.4 Å². The number of nitriles is 1. The Hall–Kier alpha value is -3.57. The summed E-state index contributed by atoms with van der Waals surface area (Å²) in [6.45, 7) is 0. The van der Waals surface area contributed by atoms with Crippen LogP contribution in [0.2, 0.25) is 0 Å². The molecule has 1 aliphatic heterocycles. The summed E-state index contributed by atoms with van der Waals surface area (Å²) < 4.78 is 0. The highest BCUT2D eigenvalue weighted by molar-refractivity contribution is 7.13. The van der Waals surface area contributed by atoms with Crippen LogP contribution < -0.4 is 10.2 Å². The normalized spacial score (nSPS) is 15.8. The summed E-state index contributed by atoms with van der Waals surface area (Å²) in [5, 5.41) is 12.2. The Bertz CT molecular complexity index is 1150. The highest BCUT2D eigenvalue weighted by Gasteiger charge is 2.30. The van der Waals surface area contributed by atoms with Crippen molar-refractivity contribution in [2.45, 2.75) is 25.3 Å². The monoisotopic (exact) mass is 417 g/mol. The highest BCUT2D eigenvalue weighted by atomic mass is 32.1. The number of nitrogens with zero attached hydrogens (tertiary/aromatic N) is 4. The van der Waals surface area contributed by atoms with Crippen molar-refractivity contribution in [2.24, 2.45) is 0 Å². The fraction of sp³-hybridized carbons (Fsp3) is 0.227. The van der Waals surface area contributed by atoms with Crippen LogP contribution in [0.1, 0.15) is 37.8 Å². The Morgan fingerprint density at radius 1 is 1.33 bits per heavy atom. The van der Waals surface area contributed by atoms with Gasteiger partial charge in [-0.2, -0.15) is 5.26 Å². The first-order chi connectivity index (χ1) is 14.5. The summed E-state index contributed by atoms with van der Waals surface area (Å²) >= 11 is 1.29. The van der Waals surface area contributed by atoms with Gasteiger partial charge in [-0.05, 0) is 42.2 Å². The fourth-order valence-corrected chi connectivity index (χ4v) is 4.34. The molecule has 2 amide bonds. The van der Waals surface area contributed by atoms with Gasteiger partial charge < -0.3 is 5.32 Å². The van der Waals surface area contributed by atoms with Crippen molar-refractivity contribution in [3.8, 4) is 6.07 Å². The number of fused-ring (bicyclic) bond motifs is 1. The quantitative estimate of drug-likeness (QED) is 0.704. The molecule has 0 saturated heterocycles. The molecule has 0 fully saturated rings. The van der Waals surface area contributed by atoms with Crippen LogP contribution >= 0.6 is 11.3 Å². The van der Waals surface area contributed by atoms with Gasteiger partial charge in [-0.1, -0.05) is 18.2 Å². The number of carbonyl (C=O) groups excluding carboxylic acids is 2. The first kappa shape index (κ1) is 19.7. The molecule has 30 heavy (non-hydrogen) atoms. The second kappa shape index (κ2) is 8.43. The molecular weight excluding hydrogens is 398 g/mol.